The molecule has 0 aliphatic carbocycles. The largest absolute Gasteiger partial charge is 0.319 e. The fraction of sp³-hybridized carbons (Fsp3) is 1.00. The van der Waals surface area contributed by atoms with E-state index in [4.69, 9.17) is 0 Å². The first-order valence-electron chi connectivity index (χ1n) is 10.0. The smallest absolute Gasteiger partial charge is 0.0866 e. The van der Waals surface area contributed by atoms with Crippen LogP contribution in [0.15, 0.2) is 0 Å². The van der Waals surface area contributed by atoms with Gasteiger partial charge in [-0.1, -0.05) is 58.3 Å². The van der Waals surface area contributed by atoms with E-state index in [-0.39, 0.29) is 0 Å². The molecule has 2 atom stereocenters. The molecule has 21 heavy (non-hydrogen) atoms. The van der Waals surface area contributed by atoms with E-state index in [9.17, 15) is 0 Å². The summed E-state index contributed by atoms with van der Waals surface area (Å²) in [5.74, 6) is 0. The van der Waals surface area contributed by atoms with Crippen LogP contribution in [0.5, 0.6) is 0 Å². The average molecular weight is 297 g/mol. The minimum Gasteiger partial charge on any atom is -0.319 e. The maximum atomic E-state index is 2.49. The summed E-state index contributed by atoms with van der Waals surface area (Å²) in [7, 11) is 0. The second-order valence-electron chi connectivity index (χ2n) is 7.60. The van der Waals surface area contributed by atoms with Crippen molar-refractivity contribution in [1.82, 2.24) is 0 Å². The number of nitrogens with zero attached hydrogens (tertiary/aromatic N) is 1. The van der Waals surface area contributed by atoms with Crippen molar-refractivity contribution in [3.8, 4) is 0 Å². The first-order valence-corrected chi connectivity index (χ1v) is 10.0. The molecule has 0 amide bonds. The van der Waals surface area contributed by atoms with Crippen LogP contribution in [0, 0.1) is 0 Å². The third-order valence-corrected chi connectivity index (χ3v) is 6.27. The molecule has 1 saturated heterocycles. The van der Waals surface area contributed by atoms with Crippen LogP contribution in [-0.2, 0) is 0 Å². The Morgan fingerprint density at radius 3 is 1.52 bits per heavy atom. The molecule has 1 aliphatic rings. The molecular formula is C20H42N+. The molecule has 0 aromatic rings. The van der Waals surface area contributed by atoms with E-state index in [0.29, 0.717) is 0 Å². The van der Waals surface area contributed by atoms with Gasteiger partial charge in [-0.15, -0.1) is 0 Å². The summed E-state index contributed by atoms with van der Waals surface area (Å²) < 4.78 is 1.41. The summed E-state index contributed by atoms with van der Waals surface area (Å²) in [5.41, 5.74) is 0. The maximum Gasteiger partial charge on any atom is 0.0866 e. The predicted molar refractivity (Wildman–Crippen MR) is 95.7 cm³/mol. The molecular weight excluding hydrogens is 254 g/mol. The first kappa shape index (κ1) is 19.0. The van der Waals surface area contributed by atoms with Crippen molar-refractivity contribution < 1.29 is 4.48 Å². The van der Waals surface area contributed by atoms with Crippen molar-refractivity contribution >= 4 is 0 Å². The van der Waals surface area contributed by atoms with Crippen LogP contribution in [0.4, 0.5) is 0 Å². The Morgan fingerprint density at radius 2 is 1.10 bits per heavy atom. The van der Waals surface area contributed by atoms with Gasteiger partial charge in [-0.25, -0.2) is 0 Å². The van der Waals surface area contributed by atoms with Crippen molar-refractivity contribution in [3.63, 3.8) is 0 Å². The number of unbranched alkanes of at least 4 members (excludes halogenated alkanes) is 9. The Balaban J connectivity index is 2.03. The lowest BCUT2D eigenvalue weighted by Gasteiger charge is -2.42. The summed E-state index contributed by atoms with van der Waals surface area (Å²) in [6, 6.07) is 1.81. The Hall–Kier alpha value is -0.0400. The van der Waals surface area contributed by atoms with Gasteiger partial charge in [0.05, 0.1) is 25.2 Å². The Labute approximate surface area is 135 Å². The third-order valence-electron chi connectivity index (χ3n) is 6.27. The van der Waals surface area contributed by atoms with Crippen LogP contribution in [0.25, 0.3) is 0 Å². The number of hydrogen-bond donors (Lipinski definition) is 0. The highest BCUT2D eigenvalue weighted by Gasteiger charge is 2.42. The van der Waals surface area contributed by atoms with E-state index in [1.165, 1.54) is 94.6 Å². The monoisotopic (exact) mass is 296 g/mol. The Morgan fingerprint density at radius 1 is 0.667 bits per heavy atom. The van der Waals surface area contributed by atoms with Gasteiger partial charge in [0.25, 0.3) is 0 Å². The molecule has 0 aromatic carbocycles. The second kappa shape index (κ2) is 10.6. The number of rotatable bonds is 12. The SMILES string of the molecule is CCCCCCCCCCCC[N+]1(CC)[C@@H](C)CC[C@@H]1C. The average Bonchev–Trinajstić information content (AvgIpc) is 2.77. The lowest BCUT2D eigenvalue weighted by atomic mass is 10.1. The van der Waals surface area contributed by atoms with Gasteiger partial charge in [0.15, 0.2) is 0 Å². The van der Waals surface area contributed by atoms with Crippen molar-refractivity contribution in [2.24, 2.45) is 0 Å². The minimum atomic E-state index is 0.906. The molecule has 126 valence electrons. The standard InChI is InChI=1S/C20H42N/c1-5-7-8-9-10-11-12-13-14-15-18-21(6-2)19(3)16-17-20(21)4/h19-20H,5-18H2,1-4H3/q+1/t19-,20-/m0/s1. The lowest BCUT2D eigenvalue weighted by molar-refractivity contribution is -0.956. The molecule has 0 radical (unpaired) electrons. The zero-order valence-electron chi connectivity index (χ0n) is 15.5. The highest BCUT2D eigenvalue weighted by molar-refractivity contribution is 4.70. The molecule has 1 aliphatic heterocycles. The predicted octanol–water partition coefficient (Wildman–Crippen LogP) is 6.31. The van der Waals surface area contributed by atoms with Crippen molar-refractivity contribution in [2.75, 3.05) is 13.1 Å². The van der Waals surface area contributed by atoms with Crippen molar-refractivity contribution in [2.45, 2.75) is 117 Å². The molecule has 0 N–H and O–H groups in total. The van der Waals surface area contributed by atoms with Gasteiger partial charge in [-0.3, -0.25) is 0 Å². The van der Waals surface area contributed by atoms with Crippen LogP contribution in [0.3, 0.4) is 0 Å². The fourth-order valence-corrected chi connectivity index (χ4v) is 4.55. The molecule has 0 bridgehead atoms. The van der Waals surface area contributed by atoms with Crippen LogP contribution < -0.4 is 0 Å². The molecule has 0 spiro atoms. The Kier molecular flexibility index (Phi) is 9.64. The summed E-state index contributed by atoms with van der Waals surface area (Å²) in [4.78, 5) is 0. The van der Waals surface area contributed by atoms with E-state index < -0.39 is 0 Å². The molecule has 1 nitrogen and oxygen atoms in total. The highest BCUT2D eigenvalue weighted by atomic mass is 15.4. The molecule has 1 rings (SSSR count). The van der Waals surface area contributed by atoms with Gasteiger partial charge in [0.1, 0.15) is 0 Å². The van der Waals surface area contributed by atoms with E-state index >= 15 is 0 Å². The van der Waals surface area contributed by atoms with Gasteiger partial charge < -0.3 is 4.48 Å². The van der Waals surface area contributed by atoms with Gasteiger partial charge in [-0.05, 0) is 33.6 Å². The van der Waals surface area contributed by atoms with Crippen LogP contribution in [-0.4, -0.2) is 29.7 Å². The molecule has 1 fully saturated rings. The first-order chi connectivity index (χ1) is 10.2. The topological polar surface area (TPSA) is 0 Å². The van der Waals surface area contributed by atoms with Crippen LogP contribution in [0.1, 0.15) is 105 Å². The number of hydrogen-bond acceptors (Lipinski definition) is 0. The van der Waals surface area contributed by atoms with E-state index in [1.54, 1.807) is 0 Å². The van der Waals surface area contributed by atoms with E-state index in [1.807, 2.05) is 0 Å². The fourth-order valence-electron chi connectivity index (χ4n) is 4.55. The second-order valence-corrected chi connectivity index (χ2v) is 7.60. The minimum absolute atomic E-state index is 0.906. The summed E-state index contributed by atoms with van der Waals surface area (Å²) in [6.07, 6.45) is 17.5. The zero-order valence-corrected chi connectivity index (χ0v) is 15.5. The van der Waals surface area contributed by atoms with Gasteiger partial charge in [-0.2, -0.15) is 0 Å². The van der Waals surface area contributed by atoms with Crippen molar-refractivity contribution in [3.05, 3.63) is 0 Å². The molecule has 0 saturated carbocycles. The lowest BCUT2D eigenvalue weighted by Crippen LogP contribution is -2.55. The van der Waals surface area contributed by atoms with Gasteiger partial charge in [0, 0.05) is 12.8 Å². The van der Waals surface area contributed by atoms with E-state index in [2.05, 4.69) is 27.7 Å². The third kappa shape index (κ3) is 5.93. The highest BCUT2D eigenvalue weighted by Crippen LogP contribution is 2.33. The molecule has 0 aromatic heterocycles. The van der Waals surface area contributed by atoms with Gasteiger partial charge >= 0.3 is 0 Å². The molecule has 0 unspecified atom stereocenters. The summed E-state index contributed by atoms with van der Waals surface area (Å²) in [6.45, 7) is 12.5. The number of quaternary nitrogens is 1. The normalized spacial score (nSPS) is 24.6. The van der Waals surface area contributed by atoms with Crippen molar-refractivity contribution in [1.29, 1.82) is 0 Å². The van der Waals surface area contributed by atoms with Crippen LogP contribution in [0.2, 0.25) is 0 Å². The van der Waals surface area contributed by atoms with Gasteiger partial charge in [0.2, 0.25) is 0 Å². The molecule has 1 heterocycles. The Bertz CT molecular complexity index is 238. The van der Waals surface area contributed by atoms with E-state index in [0.717, 1.165) is 12.1 Å². The van der Waals surface area contributed by atoms with Crippen LogP contribution >= 0.6 is 0 Å². The molecule has 1 heteroatoms. The quantitative estimate of drug-likeness (QED) is 0.292. The maximum absolute atomic E-state index is 2.49. The zero-order chi connectivity index (χ0) is 15.6. The summed E-state index contributed by atoms with van der Waals surface area (Å²) in [5, 5.41) is 0. The number of likely N-dealkylation sites (tertiary alicyclic amines) is 1. The summed E-state index contributed by atoms with van der Waals surface area (Å²) >= 11 is 0.